The third-order valence-corrected chi connectivity index (χ3v) is 4.63. The predicted octanol–water partition coefficient (Wildman–Crippen LogP) is 1.07. The second-order valence-corrected chi connectivity index (χ2v) is 7.37. The Morgan fingerprint density at radius 2 is 2.14 bits per heavy atom. The van der Waals surface area contributed by atoms with Gasteiger partial charge >= 0.3 is 0 Å². The SMILES string of the molecule is Cn1cc(C(=O)N2CCC[C@H]3C(=O)NC[C@H]32)c(C(C)(C)C)n1. The van der Waals surface area contributed by atoms with Crippen LogP contribution in [0.5, 0.6) is 0 Å². The molecule has 0 aromatic carbocycles. The van der Waals surface area contributed by atoms with Gasteiger partial charge in [-0.3, -0.25) is 14.3 Å². The summed E-state index contributed by atoms with van der Waals surface area (Å²) in [4.78, 5) is 26.8. The first-order valence-corrected chi connectivity index (χ1v) is 7.92. The minimum Gasteiger partial charge on any atom is -0.354 e. The molecule has 1 aromatic rings. The molecule has 1 aromatic heterocycles. The molecular weight excluding hydrogens is 280 g/mol. The van der Waals surface area contributed by atoms with E-state index in [1.807, 2.05) is 11.9 Å². The van der Waals surface area contributed by atoms with Gasteiger partial charge in [0.2, 0.25) is 5.91 Å². The quantitative estimate of drug-likeness (QED) is 0.844. The van der Waals surface area contributed by atoms with E-state index in [0.29, 0.717) is 18.7 Å². The van der Waals surface area contributed by atoms with Crippen LogP contribution in [0.25, 0.3) is 0 Å². The lowest BCUT2D eigenvalue weighted by atomic mass is 9.87. The van der Waals surface area contributed by atoms with Gasteiger partial charge in [-0.05, 0) is 12.8 Å². The number of aryl methyl sites for hydroxylation is 1. The molecule has 3 heterocycles. The molecule has 2 aliphatic heterocycles. The molecule has 2 amide bonds. The Hall–Kier alpha value is -1.85. The molecule has 0 saturated carbocycles. The Balaban J connectivity index is 1.93. The van der Waals surface area contributed by atoms with Crippen molar-refractivity contribution in [3.8, 4) is 0 Å². The van der Waals surface area contributed by atoms with E-state index in [1.54, 1.807) is 10.9 Å². The fourth-order valence-electron chi connectivity index (χ4n) is 3.56. The highest BCUT2D eigenvalue weighted by atomic mass is 16.2. The number of carbonyl (C=O) groups excluding carboxylic acids is 2. The first-order chi connectivity index (χ1) is 10.3. The second kappa shape index (κ2) is 5.11. The van der Waals surface area contributed by atoms with Crippen LogP contribution in [-0.2, 0) is 17.3 Å². The monoisotopic (exact) mass is 304 g/mol. The summed E-state index contributed by atoms with van der Waals surface area (Å²) in [6, 6.07) is -0.0122. The number of nitrogens with zero attached hydrogens (tertiary/aromatic N) is 3. The lowest BCUT2D eigenvalue weighted by Crippen LogP contribution is -2.49. The van der Waals surface area contributed by atoms with Gasteiger partial charge in [0.1, 0.15) is 0 Å². The van der Waals surface area contributed by atoms with Gasteiger partial charge in [-0.15, -0.1) is 0 Å². The number of rotatable bonds is 1. The van der Waals surface area contributed by atoms with Crippen LogP contribution in [0.4, 0.5) is 0 Å². The predicted molar refractivity (Wildman–Crippen MR) is 82.5 cm³/mol. The van der Waals surface area contributed by atoms with E-state index in [1.165, 1.54) is 0 Å². The molecule has 6 nitrogen and oxygen atoms in total. The van der Waals surface area contributed by atoms with Crippen molar-refractivity contribution in [3.63, 3.8) is 0 Å². The minimum atomic E-state index is -0.189. The molecule has 22 heavy (non-hydrogen) atoms. The van der Waals surface area contributed by atoms with E-state index < -0.39 is 0 Å². The number of likely N-dealkylation sites (tertiary alicyclic amines) is 1. The highest BCUT2D eigenvalue weighted by molar-refractivity contribution is 5.96. The molecule has 120 valence electrons. The number of hydrogen-bond acceptors (Lipinski definition) is 3. The number of nitrogens with one attached hydrogen (secondary N) is 1. The van der Waals surface area contributed by atoms with Crippen molar-refractivity contribution in [1.82, 2.24) is 20.0 Å². The van der Waals surface area contributed by atoms with E-state index in [0.717, 1.165) is 18.5 Å². The van der Waals surface area contributed by atoms with E-state index in [2.05, 4.69) is 31.2 Å². The molecule has 0 radical (unpaired) electrons. The molecule has 0 unspecified atom stereocenters. The fraction of sp³-hybridized carbons (Fsp3) is 0.688. The number of piperidine rings is 1. The van der Waals surface area contributed by atoms with Gasteiger partial charge < -0.3 is 10.2 Å². The van der Waals surface area contributed by atoms with Crippen molar-refractivity contribution in [3.05, 3.63) is 17.5 Å². The van der Waals surface area contributed by atoms with Crippen LogP contribution >= 0.6 is 0 Å². The fourth-order valence-corrected chi connectivity index (χ4v) is 3.56. The van der Waals surface area contributed by atoms with Crippen molar-refractivity contribution in [2.45, 2.75) is 45.1 Å². The summed E-state index contributed by atoms with van der Waals surface area (Å²) in [5.41, 5.74) is 1.29. The van der Waals surface area contributed by atoms with E-state index in [9.17, 15) is 9.59 Å². The highest BCUT2D eigenvalue weighted by Crippen LogP contribution is 2.31. The van der Waals surface area contributed by atoms with Crippen LogP contribution < -0.4 is 5.32 Å². The van der Waals surface area contributed by atoms with Crippen LogP contribution in [0.3, 0.4) is 0 Å². The Kier molecular flexibility index (Phi) is 3.50. The Morgan fingerprint density at radius 3 is 2.82 bits per heavy atom. The number of carbonyl (C=O) groups is 2. The topological polar surface area (TPSA) is 67.2 Å². The number of aromatic nitrogens is 2. The van der Waals surface area contributed by atoms with Crippen molar-refractivity contribution in [1.29, 1.82) is 0 Å². The van der Waals surface area contributed by atoms with Crippen molar-refractivity contribution in [2.24, 2.45) is 13.0 Å². The first kappa shape index (κ1) is 15.1. The standard InChI is InChI=1S/C16H24N4O2/c1-16(2,3)13-11(9-19(4)18-13)15(22)20-7-5-6-10-12(20)8-17-14(10)21/h9-10,12H,5-8H2,1-4H3,(H,17,21)/t10-,12-/m1/s1. The number of fused-ring (bicyclic) bond motifs is 1. The van der Waals surface area contributed by atoms with E-state index >= 15 is 0 Å². The summed E-state index contributed by atoms with van der Waals surface area (Å²) in [6.07, 6.45) is 3.56. The first-order valence-electron chi connectivity index (χ1n) is 7.92. The maximum absolute atomic E-state index is 13.1. The van der Waals surface area contributed by atoms with Gasteiger partial charge in [0.05, 0.1) is 23.2 Å². The molecule has 3 rings (SSSR count). The van der Waals surface area contributed by atoms with E-state index in [-0.39, 0.29) is 29.2 Å². The third kappa shape index (κ3) is 2.40. The van der Waals surface area contributed by atoms with Crippen LogP contribution in [0.15, 0.2) is 6.20 Å². The average Bonchev–Trinajstić information content (AvgIpc) is 3.01. The van der Waals surface area contributed by atoms with Crippen molar-refractivity contribution < 1.29 is 9.59 Å². The Labute approximate surface area is 130 Å². The zero-order valence-electron chi connectivity index (χ0n) is 13.7. The minimum absolute atomic E-state index is 0.00391. The Morgan fingerprint density at radius 1 is 1.41 bits per heavy atom. The number of hydrogen-bond donors (Lipinski definition) is 1. The molecule has 0 spiro atoms. The Bertz CT molecular complexity index is 614. The summed E-state index contributed by atoms with van der Waals surface area (Å²) in [7, 11) is 1.84. The average molecular weight is 304 g/mol. The maximum Gasteiger partial charge on any atom is 0.257 e. The molecule has 0 bridgehead atoms. The molecule has 0 aliphatic carbocycles. The van der Waals surface area contributed by atoms with Crippen LogP contribution in [0.1, 0.15) is 49.7 Å². The summed E-state index contributed by atoms with van der Waals surface area (Å²) >= 11 is 0. The summed E-state index contributed by atoms with van der Waals surface area (Å²) < 4.78 is 1.70. The van der Waals surface area contributed by atoms with Gasteiger partial charge in [0.15, 0.2) is 0 Å². The maximum atomic E-state index is 13.1. The lowest BCUT2D eigenvalue weighted by molar-refractivity contribution is -0.123. The molecular formula is C16H24N4O2. The van der Waals surface area contributed by atoms with Gasteiger partial charge in [0, 0.05) is 31.7 Å². The largest absolute Gasteiger partial charge is 0.354 e. The number of amides is 2. The summed E-state index contributed by atoms with van der Waals surface area (Å²) in [5.74, 6) is 0.0430. The summed E-state index contributed by atoms with van der Waals surface area (Å²) in [5, 5.41) is 7.38. The molecule has 2 atom stereocenters. The van der Waals surface area contributed by atoms with Crippen LogP contribution in [0, 0.1) is 5.92 Å². The second-order valence-electron chi connectivity index (χ2n) is 7.37. The third-order valence-electron chi connectivity index (χ3n) is 4.63. The van der Waals surface area contributed by atoms with E-state index in [4.69, 9.17) is 0 Å². The zero-order valence-corrected chi connectivity index (χ0v) is 13.7. The lowest BCUT2D eigenvalue weighted by Gasteiger charge is -2.36. The highest BCUT2D eigenvalue weighted by Gasteiger charge is 2.43. The van der Waals surface area contributed by atoms with Crippen molar-refractivity contribution in [2.75, 3.05) is 13.1 Å². The summed E-state index contributed by atoms with van der Waals surface area (Å²) in [6.45, 7) is 7.47. The van der Waals surface area contributed by atoms with Gasteiger partial charge in [-0.2, -0.15) is 5.10 Å². The zero-order chi connectivity index (χ0) is 16.1. The smallest absolute Gasteiger partial charge is 0.257 e. The normalized spacial score (nSPS) is 25.1. The molecule has 2 fully saturated rings. The van der Waals surface area contributed by atoms with Gasteiger partial charge in [0.25, 0.3) is 5.91 Å². The van der Waals surface area contributed by atoms with Crippen LogP contribution in [-0.4, -0.2) is 45.6 Å². The van der Waals surface area contributed by atoms with Crippen molar-refractivity contribution >= 4 is 11.8 Å². The van der Waals surface area contributed by atoms with Crippen LogP contribution in [0.2, 0.25) is 0 Å². The molecule has 2 aliphatic rings. The molecule has 1 N–H and O–H groups in total. The molecule has 2 saturated heterocycles. The van der Waals surface area contributed by atoms with Gasteiger partial charge in [-0.25, -0.2) is 0 Å². The van der Waals surface area contributed by atoms with Gasteiger partial charge in [-0.1, -0.05) is 20.8 Å². The molecule has 6 heteroatoms.